The Balaban J connectivity index is 1.55. The molecule has 5 rings (SSSR count). The van der Waals surface area contributed by atoms with E-state index in [1.165, 1.54) is 24.0 Å². The van der Waals surface area contributed by atoms with Crippen LogP contribution in [0, 0.1) is 5.21 Å². The van der Waals surface area contributed by atoms with Gasteiger partial charge in [-0.25, -0.2) is 18.2 Å². The van der Waals surface area contributed by atoms with E-state index in [9.17, 15) is 23.5 Å². The van der Waals surface area contributed by atoms with Crippen LogP contribution in [0.4, 0.5) is 5.82 Å². The molecule has 3 N–H and O–H groups in total. The molecule has 14 nitrogen and oxygen atoms in total. The average Bonchev–Trinajstić information content (AvgIpc) is 3.54. The van der Waals surface area contributed by atoms with Crippen LogP contribution in [0.1, 0.15) is 37.3 Å². The topological polar surface area (TPSA) is 191 Å². The lowest BCUT2D eigenvalue weighted by Crippen LogP contribution is -2.45. The minimum absolute atomic E-state index is 0.106. The smallest absolute Gasteiger partial charge is 0.335 e. The van der Waals surface area contributed by atoms with Crippen molar-refractivity contribution in [3.63, 3.8) is 0 Å². The van der Waals surface area contributed by atoms with E-state index in [0.717, 1.165) is 6.26 Å². The number of hydrogen-bond acceptors (Lipinski definition) is 10. The van der Waals surface area contributed by atoms with Gasteiger partial charge in [0.25, 0.3) is 0 Å². The molecule has 1 saturated carbocycles. The Kier molecular flexibility index (Phi) is 7.44. The van der Waals surface area contributed by atoms with Crippen molar-refractivity contribution < 1.29 is 32.5 Å². The number of nitrogens with two attached hydrogens (primary N) is 1. The standard InChI is InChI=1S/C26H31N7O7S/c1-31-11-8-19(30-31)20-5-4-17(15-32(20)36)18-14-28-33-23(27)22(41(3,37)38)21(29-24(18)33)16-6-9-26(10-7-16,25(34)35)40-13-12-39-2/h4-5,8,11,14-16H,6-7,9-10,12-13,27H2,1-3H3,(H,34,35). The minimum Gasteiger partial charge on any atom is -0.618 e. The highest BCUT2D eigenvalue weighted by Gasteiger charge is 2.44. The predicted octanol–water partition coefficient (Wildman–Crippen LogP) is 1.56. The van der Waals surface area contributed by atoms with Gasteiger partial charge in [0.1, 0.15) is 10.7 Å². The summed E-state index contributed by atoms with van der Waals surface area (Å²) in [6.45, 7) is 0.374. The second-order valence-electron chi connectivity index (χ2n) is 10.2. The number of carboxylic acid groups (broad SMARTS) is 1. The number of carboxylic acids is 1. The summed E-state index contributed by atoms with van der Waals surface area (Å²) in [7, 11) is -0.580. The number of sulfone groups is 1. The largest absolute Gasteiger partial charge is 0.618 e. The number of pyridine rings is 1. The van der Waals surface area contributed by atoms with Crippen LogP contribution < -0.4 is 10.5 Å². The van der Waals surface area contributed by atoms with Gasteiger partial charge in [0, 0.05) is 38.6 Å². The van der Waals surface area contributed by atoms with Crippen LogP contribution >= 0.6 is 0 Å². The molecular weight excluding hydrogens is 554 g/mol. The molecule has 0 radical (unpaired) electrons. The maximum absolute atomic E-state index is 12.9. The summed E-state index contributed by atoms with van der Waals surface area (Å²) in [4.78, 5) is 16.7. The first kappa shape index (κ1) is 28.4. The zero-order valence-corrected chi connectivity index (χ0v) is 23.7. The Morgan fingerprint density at radius 2 is 2.00 bits per heavy atom. The first-order valence-electron chi connectivity index (χ1n) is 12.9. The number of nitrogens with zero attached hydrogens (tertiary/aromatic N) is 6. The average molecular weight is 586 g/mol. The van der Waals surface area contributed by atoms with Crippen molar-refractivity contribution in [2.45, 2.75) is 42.1 Å². The number of nitrogen functional groups attached to an aromatic ring is 1. The number of aromatic nitrogens is 6. The number of methoxy groups -OCH3 is 1. The molecular formula is C26H31N7O7S. The molecule has 0 atom stereocenters. The van der Waals surface area contributed by atoms with E-state index in [4.69, 9.17) is 20.2 Å². The molecule has 0 aromatic carbocycles. The number of aliphatic carboxylic acids is 1. The highest BCUT2D eigenvalue weighted by atomic mass is 32.2. The summed E-state index contributed by atoms with van der Waals surface area (Å²) in [6, 6.07) is 5.10. The highest BCUT2D eigenvalue weighted by molar-refractivity contribution is 7.91. The van der Waals surface area contributed by atoms with Crippen LogP contribution in [0.15, 0.2) is 41.7 Å². The second kappa shape index (κ2) is 10.7. The lowest BCUT2D eigenvalue weighted by molar-refractivity contribution is -0.593. The monoisotopic (exact) mass is 585 g/mol. The van der Waals surface area contributed by atoms with Gasteiger partial charge in [-0.3, -0.25) is 4.68 Å². The molecule has 0 aliphatic heterocycles. The molecule has 4 aromatic heterocycles. The zero-order valence-electron chi connectivity index (χ0n) is 22.8. The van der Waals surface area contributed by atoms with E-state index in [2.05, 4.69) is 10.2 Å². The van der Waals surface area contributed by atoms with Crippen LogP contribution in [-0.4, -0.2) is 76.1 Å². The maximum atomic E-state index is 12.9. The van der Waals surface area contributed by atoms with Gasteiger partial charge in [-0.05, 0) is 37.8 Å². The Morgan fingerprint density at radius 3 is 2.59 bits per heavy atom. The lowest BCUT2D eigenvalue weighted by atomic mass is 9.77. The number of rotatable bonds is 9. The molecule has 1 aliphatic carbocycles. The number of hydrogen-bond donors (Lipinski definition) is 2. The number of anilines is 1. The molecule has 0 unspecified atom stereocenters. The van der Waals surface area contributed by atoms with Gasteiger partial charge in [-0.1, -0.05) is 0 Å². The lowest BCUT2D eigenvalue weighted by Gasteiger charge is -2.36. The Bertz CT molecular complexity index is 1720. The fraction of sp³-hybridized carbons (Fsp3) is 0.423. The molecule has 15 heteroatoms. The molecule has 4 heterocycles. The van der Waals surface area contributed by atoms with Gasteiger partial charge in [0.05, 0.1) is 36.2 Å². The summed E-state index contributed by atoms with van der Waals surface area (Å²) in [5.74, 6) is -1.58. The number of aryl methyl sites for hydroxylation is 1. The Labute approximate surface area is 235 Å². The van der Waals surface area contributed by atoms with E-state index in [1.807, 2.05) is 0 Å². The van der Waals surface area contributed by atoms with E-state index in [-0.39, 0.29) is 48.1 Å². The van der Waals surface area contributed by atoms with Gasteiger partial charge in [0.15, 0.2) is 33.0 Å². The van der Waals surface area contributed by atoms with Crippen LogP contribution in [0.2, 0.25) is 0 Å². The molecule has 0 amide bonds. The van der Waals surface area contributed by atoms with Gasteiger partial charge >= 0.3 is 5.97 Å². The van der Waals surface area contributed by atoms with E-state index in [1.54, 1.807) is 36.1 Å². The van der Waals surface area contributed by atoms with Crippen molar-refractivity contribution in [2.75, 3.05) is 32.3 Å². The summed E-state index contributed by atoms with van der Waals surface area (Å²) in [5.41, 5.74) is 7.37. The molecule has 218 valence electrons. The van der Waals surface area contributed by atoms with Crippen molar-refractivity contribution in [1.29, 1.82) is 0 Å². The summed E-state index contributed by atoms with van der Waals surface area (Å²) >= 11 is 0. The van der Waals surface area contributed by atoms with Crippen LogP contribution in [-0.2, 0) is 31.2 Å². The maximum Gasteiger partial charge on any atom is 0.335 e. The first-order valence-corrected chi connectivity index (χ1v) is 14.8. The molecule has 4 aromatic rings. The molecule has 0 spiro atoms. The van der Waals surface area contributed by atoms with Crippen LogP contribution in [0.25, 0.3) is 28.2 Å². The van der Waals surface area contributed by atoms with Gasteiger partial charge < -0.3 is 25.5 Å². The van der Waals surface area contributed by atoms with Crippen molar-refractivity contribution in [3.8, 4) is 22.5 Å². The summed E-state index contributed by atoms with van der Waals surface area (Å²) in [5, 5.41) is 31.4. The first-order chi connectivity index (χ1) is 19.4. The third kappa shape index (κ3) is 5.23. The van der Waals surface area contributed by atoms with Crippen LogP contribution in [0.3, 0.4) is 0 Å². The van der Waals surface area contributed by atoms with Gasteiger partial charge in [-0.15, -0.1) is 0 Å². The summed E-state index contributed by atoms with van der Waals surface area (Å²) in [6.07, 6.45) is 6.58. The quantitative estimate of drug-likeness (QED) is 0.165. The van der Waals surface area contributed by atoms with Crippen molar-refractivity contribution >= 4 is 27.3 Å². The van der Waals surface area contributed by atoms with E-state index < -0.39 is 27.3 Å². The molecule has 0 saturated heterocycles. The fourth-order valence-corrected chi connectivity index (χ4v) is 6.43. The third-order valence-electron chi connectivity index (χ3n) is 7.47. The van der Waals surface area contributed by atoms with E-state index >= 15 is 0 Å². The molecule has 0 bridgehead atoms. The Hall–Kier alpha value is -4.08. The number of ether oxygens (including phenoxy) is 2. The minimum atomic E-state index is -3.84. The fourth-order valence-electron chi connectivity index (χ4n) is 5.37. The zero-order chi connectivity index (χ0) is 29.5. The molecule has 1 fully saturated rings. The van der Waals surface area contributed by atoms with Crippen LogP contribution in [0.5, 0.6) is 0 Å². The predicted molar refractivity (Wildman–Crippen MR) is 147 cm³/mol. The van der Waals surface area contributed by atoms with Gasteiger partial charge in [0.2, 0.25) is 5.69 Å². The molecule has 1 aliphatic rings. The normalized spacial score (nSPS) is 19.5. The van der Waals surface area contributed by atoms with Gasteiger partial charge in [-0.2, -0.15) is 19.4 Å². The second-order valence-corrected chi connectivity index (χ2v) is 12.1. The number of carbonyl (C=O) groups is 1. The van der Waals surface area contributed by atoms with E-state index in [0.29, 0.717) is 40.1 Å². The molecule has 41 heavy (non-hydrogen) atoms. The third-order valence-corrected chi connectivity index (χ3v) is 8.63. The highest BCUT2D eigenvalue weighted by Crippen LogP contribution is 2.43. The number of fused-ring (bicyclic) bond motifs is 1. The van der Waals surface area contributed by atoms with Crippen molar-refractivity contribution in [2.24, 2.45) is 7.05 Å². The van der Waals surface area contributed by atoms with Crippen molar-refractivity contribution in [1.82, 2.24) is 24.4 Å². The van der Waals surface area contributed by atoms with Crippen molar-refractivity contribution in [3.05, 3.63) is 47.7 Å². The Morgan fingerprint density at radius 1 is 1.27 bits per heavy atom. The SMILES string of the molecule is COCCOC1(C(=O)O)CCC(c2nc3c(-c4ccc(-c5ccn(C)n5)[n+]([O-])c4)cnn3c(N)c2S(C)(=O)=O)CC1. The summed E-state index contributed by atoms with van der Waals surface area (Å²) < 4.78 is 40.1.